The number of ether oxygens (including phenoxy) is 1. The SMILES string of the molecule is CCc1cccc(C)c1N1CCN(C(=O)NCCc2ccc(OC)cc2)CC1. The molecule has 1 heterocycles. The first-order valence-corrected chi connectivity index (χ1v) is 10.1. The quantitative estimate of drug-likeness (QED) is 0.831. The zero-order valence-electron chi connectivity index (χ0n) is 17.2. The van der Waals surface area contributed by atoms with Crippen molar-refractivity contribution in [3.63, 3.8) is 0 Å². The number of nitrogens with one attached hydrogen (secondary N) is 1. The van der Waals surface area contributed by atoms with E-state index in [9.17, 15) is 4.79 Å². The lowest BCUT2D eigenvalue weighted by atomic mass is 10.0. The van der Waals surface area contributed by atoms with Crippen molar-refractivity contribution >= 4 is 11.7 Å². The normalized spacial score (nSPS) is 14.1. The van der Waals surface area contributed by atoms with E-state index in [1.165, 1.54) is 22.4 Å². The predicted molar refractivity (Wildman–Crippen MR) is 114 cm³/mol. The van der Waals surface area contributed by atoms with Crippen LogP contribution < -0.4 is 15.0 Å². The molecule has 0 radical (unpaired) electrons. The van der Waals surface area contributed by atoms with E-state index in [1.54, 1.807) is 7.11 Å². The third-order valence-corrected chi connectivity index (χ3v) is 5.43. The van der Waals surface area contributed by atoms with Gasteiger partial charge < -0.3 is 19.9 Å². The number of hydrogen-bond donors (Lipinski definition) is 1. The molecule has 5 nitrogen and oxygen atoms in total. The van der Waals surface area contributed by atoms with Gasteiger partial charge in [0.2, 0.25) is 0 Å². The number of anilines is 1. The highest BCUT2D eigenvalue weighted by Gasteiger charge is 2.23. The first-order chi connectivity index (χ1) is 13.6. The summed E-state index contributed by atoms with van der Waals surface area (Å²) in [5, 5.41) is 3.06. The number of carbonyl (C=O) groups excluding carboxylic acids is 1. The van der Waals surface area contributed by atoms with E-state index in [2.05, 4.69) is 42.3 Å². The van der Waals surface area contributed by atoms with Crippen LogP contribution in [0, 0.1) is 6.92 Å². The molecule has 150 valence electrons. The van der Waals surface area contributed by atoms with E-state index < -0.39 is 0 Å². The molecular weight excluding hydrogens is 350 g/mol. The first-order valence-electron chi connectivity index (χ1n) is 10.1. The van der Waals surface area contributed by atoms with Gasteiger partial charge in [0.05, 0.1) is 7.11 Å². The van der Waals surface area contributed by atoms with E-state index in [1.807, 2.05) is 29.2 Å². The average Bonchev–Trinajstić information content (AvgIpc) is 2.74. The van der Waals surface area contributed by atoms with E-state index in [0.29, 0.717) is 6.54 Å². The minimum atomic E-state index is 0.0358. The molecule has 28 heavy (non-hydrogen) atoms. The molecule has 0 aromatic heterocycles. The van der Waals surface area contributed by atoms with Crippen LogP contribution >= 0.6 is 0 Å². The van der Waals surface area contributed by atoms with Gasteiger partial charge in [0, 0.05) is 38.4 Å². The van der Waals surface area contributed by atoms with Crippen molar-refractivity contribution in [2.24, 2.45) is 0 Å². The number of nitrogens with zero attached hydrogens (tertiary/aromatic N) is 2. The maximum atomic E-state index is 12.5. The number of urea groups is 1. The highest BCUT2D eigenvalue weighted by atomic mass is 16.5. The average molecular weight is 382 g/mol. The summed E-state index contributed by atoms with van der Waals surface area (Å²) in [6.07, 6.45) is 1.85. The molecule has 0 unspecified atom stereocenters. The molecule has 0 spiro atoms. The van der Waals surface area contributed by atoms with Crippen LogP contribution in [-0.2, 0) is 12.8 Å². The van der Waals surface area contributed by atoms with Crippen molar-refractivity contribution in [1.29, 1.82) is 0 Å². The molecule has 0 aliphatic carbocycles. The van der Waals surface area contributed by atoms with Gasteiger partial charge in [-0.25, -0.2) is 4.79 Å². The molecule has 2 aromatic rings. The number of rotatable bonds is 6. The van der Waals surface area contributed by atoms with Gasteiger partial charge in [-0.3, -0.25) is 0 Å². The van der Waals surface area contributed by atoms with Gasteiger partial charge in [-0.05, 0) is 48.6 Å². The smallest absolute Gasteiger partial charge is 0.317 e. The second kappa shape index (κ2) is 9.49. The van der Waals surface area contributed by atoms with Crippen LogP contribution in [0.5, 0.6) is 5.75 Å². The first kappa shape index (κ1) is 20.1. The number of piperazine rings is 1. The molecule has 1 fully saturated rings. The summed E-state index contributed by atoms with van der Waals surface area (Å²) in [6.45, 7) is 8.28. The van der Waals surface area contributed by atoms with E-state index >= 15 is 0 Å². The van der Waals surface area contributed by atoms with Crippen molar-refractivity contribution in [3.8, 4) is 5.75 Å². The summed E-state index contributed by atoms with van der Waals surface area (Å²) in [7, 11) is 1.66. The summed E-state index contributed by atoms with van der Waals surface area (Å²) >= 11 is 0. The molecule has 2 aromatic carbocycles. The van der Waals surface area contributed by atoms with Crippen LogP contribution in [-0.4, -0.2) is 50.8 Å². The van der Waals surface area contributed by atoms with Crippen molar-refractivity contribution in [2.45, 2.75) is 26.7 Å². The second-order valence-electron chi connectivity index (χ2n) is 7.24. The molecule has 0 bridgehead atoms. The van der Waals surface area contributed by atoms with Gasteiger partial charge in [0.25, 0.3) is 0 Å². The number of para-hydroxylation sites is 1. The maximum Gasteiger partial charge on any atom is 0.317 e. The zero-order chi connectivity index (χ0) is 19.9. The van der Waals surface area contributed by atoms with Crippen LogP contribution in [0.15, 0.2) is 42.5 Å². The summed E-state index contributed by atoms with van der Waals surface area (Å²) in [5.41, 5.74) is 5.25. The Morgan fingerprint density at radius 1 is 1.07 bits per heavy atom. The van der Waals surface area contributed by atoms with Crippen LogP contribution in [0.4, 0.5) is 10.5 Å². The largest absolute Gasteiger partial charge is 0.497 e. The maximum absolute atomic E-state index is 12.5. The lowest BCUT2D eigenvalue weighted by Gasteiger charge is -2.37. The molecule has 0 atom stereocenters. The number of methoxy groups -OCH3 is 1. The van der Waals surface area contributed by atoms with E-state index in [-0.39, 0.29) is 6.03 Å². The Kier molecular flexibility index (Phi) is 6.80. The molecule has 0 saturated carbocycles. The molecule has 1 saturated heterocycles. The monoisotopic (exact) mass is 381 g/mol. The molecule has 3 rings (SSSR count). The number of carbonyl (C=O) groups is 1. The van der Waals surface area contributed by atoms with Crippen LogP contribution in [0.25, 0.3) is 0 Å². The van der Waals surface area contributed by atoms with Gasteiger partial charge in [0.15, 0.2) is 0 Å². The van der Waals surface area contributed by atoms with Gasteiger partial charge >= 0.3 is 6.03 Å². The van der Waals surface area contributed by atoms with Crippen LogP contribution in [0.3, 0.4) is 0 Å². The summed E-state index contributed by atoms with van der Waals surface area (Å²) in [5.74, 6) is 0.852. The molecule has 5 heteroatoms. The Balaban J connectivity index is 1.47. The Morgan fingerprint density at radius 2 is 1.79 bits per heavy atom. The summed E-state index contributed by atoms with van der Waals surface area (Å²) in [6, 6.07) is 14.5. The molecule has 2 amide bonds. The Bertz CT molecular complexity index is 781. The van der Waals surface area contributed by atoms with Gasteiger partial charge in [0.1, 0.15) is 5.75 Å². The summed E-state index contributed by atoms with van der Waals surface area (Å²) < 4.78 is 5.17. The van der Waals surface area contributed by atoms with E-state index in [0.717, 1.165) is 44.8 Å². The van der Waals surface area contributed by atoms with Gasteiger partial charge in [-0.15, -0.1) is 0 Å². The molecule has 1 aliphatic heterocycles. The fourth-order valence-corrected chi connectivity index (χ4v) is 3.81. The van der Waals surface area contributed by atoms with Crippen LogP contribution in [0.1, 0.15) is 23.6 Å². The van der Waals surface area contributed by atoms with Crippen molar-refractivity contribution in [2.75, 3.05) is 44.7 Å². The highest BCUT2D eigenvalue weighted by Crippen LogP contribution is 2.26. The number of hydrogen-bond acceptors (Lipinski definition) is 3. The minimum absolute atomic E-state index is 0.0358. The third kappa shape index (κ3) is 4.77. The Hall–Kier alpha value is -2.69. The van der Waals surface area contributed by atoms with Crippen LogP contribution in [0.2, 0.25) is 0 Å². The fraction of sp³-hybridized carbons (Fsp3) is 0.435. The lowest BCUT2D eigenvalue weighted by Crippen LogP contribution is -2.52. The van der Waals surface area contributed by atoms with Gasteiger partial charge in [-0.2, -0.15) is 0 Å². The Morgan fingerprint density at radius 3 is 2.43 bits per heavy atom. The van der Waals surface area contributed by atoms with Crippen molar-refractivity contribution in [1.82, 2.24) is 10.2 Å². The van der Waals surface area contributed by atoms with E-state index in [4.69, 9.17) is 4.74 Å². The number of amides is 2. The second-order valence-corrected chi connectivity index (χ2v) is 7.24. The summed E-state index contributed by atoms with van der Waals surface area (Å²) in [4.78, 5) is 16.8. The van der Waals surface area contributed by atoms with Crippen molar-refractivity contribution < 1.29 is 9.53 Å². The Labute approximate surface area is 168 Å². The highest BCUT2D eigenvalue weighted by molar-refractivity contribution is 5.74. The third-order valence-electron chi connectivity index (χ3n) is 5.43. The fourth-order valence-electron chi connectivity index (χ4n) is 3.81. The standard InChI is InChI=1S/C23H31N3O2/c1-4-20-7-5-6-18(2)22(20)25-14-16-26(17-15-25)23(27)24-13-12-19-8-10-21(28-3)11-9-19/h5-11H,4,12-17H2,1-3H3,(H,24,27). The number of benzene rings is 2. The predicted octanol–water partition coefficient (Wildman–Crippen LogP) is 3.64. The van der Waals surface area contributed by atoms with Gasteiger partial charge in [-0.1, -0.05) is 37.3 Å². The molecular formula is C23H31N3O2. The lowest BCUT2D eigenvalue weighted by molar-refractivity contribution is 0.194. The zero-order valence-corrected chi connectivity index (χ0v) is 17.2. The van der Waals surface area contributed by atoms with Crippen molar-refractivity contribution in [3.05, 3.63) is 59.2 Å². The molecule has 1 aliphatic rings. The topological polar surface area (TPSA) is 44.8 Å². The minimum Gasteiger partial charge on any atom is -0.497 e. The molecule has 1 N–H and O–H groups in total. The number of aryl methyl sites for hydroxylation is 2.